The van der Waals surface area contributed by atoms with Crippen molar-refractivity contribution in [2.24, 2.45) is 11.8 Å². The summed E-state index contributed by atoms with van der Waals surface area (Å²) in [6, 6.07) is 4.64. The maximum atomic E-state index is 3.72. The molecule has 1 heteroatoms. The van der Waals surface area contributed by atoms with Crippen LogP contribution in [0, 0.1) is 25.7 Å². The molecule has 3 rings (SSSR count). The molecule has 0 amide bonds. The lowest BCUT2D eigenvalue weighted by molar-refractivity contribution is 0.252. The molecule has 1 saturated carbocycles. The Morgan fingerprint density at radius 1 is 1.00 bits per heavy atom. The molecule has 1 heterocycles. The summed E-state index contributed by atoms with van der Waals surface area (Å²) < 4.78 is 0. The minimum Gasteiger partial charge on any atom is -0.384 e. The summed E-state index contributed by atoms with van der Waals surface area (Å²) in [4.78, 5) is 0. The molecule has 0 spiro atoms. The van der Waals surface area contributed by atoms with Gasteiger partial charge in [-0.25, -0.2) is 0 Å². The molecule has 0 radical (unpaired) electrons. The van der Waals surface area contributed by atoms with Crippen LogP contribution in [-0.2, 0) is 6.42 Å². The van der Waals surface area contributed by atoms with Gasteiger partial charge in [0, 0.05) is 12.2 Å². The molecule has 1 aliphatic heterocycles. The van der Waals surface area contributed by atoms with Gasteiger partial charge in [-0.1, -0.05) is 44.2 Å². The highest BCUT2D eigenvalue weighted by atomic mass is 14.9. The van der Waals surface area contributed by atoms with Crippen molar-refractivity contribution >= 4 is 5.69 Å². The number of anilines is 1. The fraction of sp³-hybridized carbons (Fsp3) is 0.647. The van der Waals surface area contributed by atoms with Crippen molar-refractivity contribution in [2.75, 3.05) is 11.9 Å². The fourth-order valence-corrected chi connectivity index (χ4v) is 3.81. The van der Waals surface area contributed by atoms with Gasteiger partial charge in [0.1, 0.15) is 0 Å². The number of aryl methyl sites for hydroxylation is 1. The lowest BCUT2D eigenvalue weighted by Crippen LogP contribution is -2.31. The molecule has 0 bridgehead atoms. The second kappa shape index (κ2) is 4.95. The third kappa shape index (κ3) is 2.15. The Balaban J connectivity index is 1.78. The normalized spacial score (nSPS) is 24.4. The summed E-state index contributed by atoms with van der Waals surface area (Å²) >= 11 is 0. The van der Waals surface area contributed by atoms with E-state index in [2.05, 4.69) is 31.3 Å². The first-order chi connectivity index (χ1) is 8.75. The average Bonchev–Trinajstić information content (AvgIpc) is 2.44. The summed E-state index contributed by atoms with van der Waals surface area (Å²) in [6.07, 6.45) is 8.61. The van der Waals surface area contributed by atoms with Gasteiger partial charge in [0.05, 0.1) is 0 Å². The summed E-state index contributed by atoms with van der Waals surface area (Å²) in [5, 5.41) is 3.72. The third-order valence-corrected chi connectivity index (χ3v) is 5.16. The average molecular weight is 243 g/mol. The van der Waals surface area contributed by atoms with Gasteiger partial charge >= 0.3 is 0 Å². The fourth-order valence-electron chi connectivity index (χ4n) is 3.81. The summed E-state index contributed by atoms with van der Waals surface area (Å²) in [5.41, 5.74) is 5.86. The van der Waals surface area contributed by atoms with Crippen molar-refractivity contribution in [3.05, 3.63) is 28.8 Å². The van der Waals surface area contributed by atoms with Crippen LogP contribution in [-0.4, -0.2) is 6.54 Å². The highest BCUT2D eigenvalue weighted by Gasteiger charge is 2.27. The predicted molar refractivity (Wildman–Crippen MR) is 78.2 cm³/mol. The van der Waals surface area contributed by atoms with E-state index in [4.69, 9.17) is 0 Å². The molecule has 1 fully saturated rings. The Kier molecular flexibility index (Phi) is 3.32. The van der Waals surface area contributed by atoms with E-state index in [0.717, 1.165) is 11.8 Å². The van der Waals surface area contributed by atoms with Gasteiger partial charge < -0.3 is 5.32 Å². The van der Waals surface area contributed by atoms with Crippen molar-refractivity contribution in [3.8, 4) is 0 Å². The predicted octanol–water partition coefficient (Wildman–Crippen LogP) is 4.47. The van der Waals surface area contributed by atoms with Crippen LogP contribution in [0.2, 0.25) is 0 Å². The van der Waals surface area contributed by atoms with Crippen LogP contribution < -0.4 is 5.32 Å². The zero-order valence-corrected chi connectivity index (χ0v) is 11.8. The Morgan fingerprint density at radius 3 is 2.56 bits per heavy atom. The first kappa shape index (κ1) is 12.1. The summed E-state index contributed by atoms with van der Waals surface area (Å²) in [5.74, 6) is 1.85. The minimum atomic E-state index is 0.875. The van der Waals surface area contributed by atoms with Gasteiger partial charge in [-0.15, -0.1) is 0 Å². The van der Waals surface area contributed by atoms with Gasteiger partial charge in [0.15, 0.2) is 0 Å². The molecule has 1 N–H and O–H groups in total. The number of benzene rings is 1. The zero-order chi connectivity index (χ0) is 12.5. The molecule has 1 atom stereocenters. The smallest absolute Gasteiger partial charge is 0.0405 e. The van der Waals surface area contributed by atoms with Crippen molar-refractivity contribution < 1.29 is 0 Å². The van der Waals surface area contributed by atoms with E-state index >= 15 is 0 Å². The molecule has 0 saturated heterocycles. The molecular weight excluding hydrogens is 218 g/mol. The van der Waals surface area contributed by atoms with Gasteiger partial charge in [-0.05, 0) is 48.8 Å². The van der Waals surface area contributed by atoms with Crippen molar-refractivity contribution in [2.45, 2.75) is 52.4 Å². The summed E-state index contributed by atoms with van der Waals surface area (Å²) in [7, 11) is 0. The van der Waals surface area contributed by atoms with E-state index in [-0.39, 0.29) is 0 Å². The second-order valence-electron chi connectivity index (χ2n) is 6.28. The van der Waals surface area contributed by atoms with E-state index in [9.17, 15) is 0 Å². The molecule has 1 aliphatic carbocycles. The van der Waals surface area contributed by atoms with Crippen molar-refractivity contribution in [3.63, 3.8) is 0 Å². The number of hydrogen-bond donors (Lipinski definition) is 1. The van der Waals surface area contributed by atoms with Crippen LogP contribution in [0.4, 0.5) is 5.69 Å². The van der Waals surface area contributed by atoms with Crippen LogP contribution in [0.15, 0.2) is 12.1 Å². The third-order valence-electron chi connectivity index (χ3n) is 5.16. The Morgan fingerprint density at radius 2 is 1.78 bits per heavy atom. The highest BCUT2D eigenvalue weighted by Crippen LogP contribution is 2.37. The van der Waals surface area contributed by atoms with Crippen molar-refractivity contribution in [1.82, 2.24) is 0 Å². The number of nitrogens with one attached hydrogen (secondary N) is 1. The molecule has 18 heavy (non-hydrogen) atoms. The molecular formula is C17H25N. The van der Waals surface area contributed by atoms with Gasteiger partial charge in [-0.3, -0.25) is 0 Å². The Hall–Kier alpha value is -0.980. The monoisotopic (exact) mass is 243 g/mol. The van der Waals surface area contributed by atoms with E-state index in [1.807, 2.05) is 0 Å². The maximum absolute atomic E-state index is 3.72. The quantitative estimate of drug-likeness (QED) is 0.767. The van der Waals surface area contributed by atoms with Crippen LogP contribution in [0.3, 0.4) is 0 Å². The maximum Gasteiger partial charge on any atom is 0.0405 e. The van der Waals surface area contributed by atoms with Gasteiger partial charge in [0.25, 0.3) is 0 Å². The van der Waals surface area contributed by atoms with Gasteiger partial charge in [-0.2, -0.15) is 0 Å². The zero-order valence-electron chi connectivity index (χ0n) is 11.8. The van der Waals surface area contributed by atoms with E-state index < -0.39 is 0 Å². The molecule has 98 valence electrons. The summed E-state index contributed by atoms with van der Waals surface area (Å²) in [6.45, 7) is 5.66. The molecule has 1 unspecified atom stereocenters. The molecule has 0 aromatic heterocycles. The Labute approximate surface area is 111 Å². The first-order valence-electron chi connectivity index (χ1n) is 7.58. The van der Waals surface area contributed by atoms with Crippen LogP contribution in [0.1, 0.15) is 48.8 Å². The van der Waals surface area contributed by atoms with Crippen LogP contribution >= 0.6 is 0 Å². The second-order valence-corrected chi connectivity index (χ2v) is 6.28. The van der Waals surface area contributed by atoms with E-state index in [0.29, 0.717) is 0 Å². The molecule has 1 aromatic rings. The van der Waals surface area contributed by atoms with Crippen molar-refractivity contribution in [1.29, 1.82) is 0 Å². The molecule has 1 nitrogen and oxygen atoms in total. The largest absolute Gasteiger partial charge is 0.384 e. The SMILES string of the molecule is Cc1ccc2c(c1C)NCC(C1CCCCC1)C2. The van der Waals surface area contributed by atoms with Gasteiger partial charge in [0.2, 0.25) is 0 Å². The lowest BCUT2D eigenvalue weighted by atomic mass is 9.75. The Bertz CT molecular complexity index is 429. The number of hydrogen-bond acceptors (Lipinski definition) is 1. The highest BCUT2D eigenvalue weighted by molar-refractivity contribution is 5.61. The van der Waals surface area contributed by atoms with Crippen LogP contribution in [0.5, 0.6) is 0 Å². The lowest BCUT2D eigenvalue weighted by Gasteiger charge is -2.35. The molecule has 2 aliphatic rings. The first-order valence-corrected chi connectivity index (χ1v) is 7.58. The van der Waals surface area contributed by atoms with E-state index in [1.54, 1.807) is 5.56 Å². The van der Waals surface area contributed by atoms with Crippen LogP contribution in [0.25, 0.3) is 0 Å². The molecule has 1 aromatic carbocycles. The topological polar surface area (TPSA) is 12.0 Å². The number of rotatable bonds is 1. The minimum absolute atomic E-state index is 0.875. The standard InChI is InChI=1S/C17H25N/c1-12-8-9-15-10-16(11-18-17(15)13(12)2)14-6-4-3-5-7-14/h8-9,14,16,18H,3-7,10-11H2,1-2H3. The number of fused-ring (bicyclic) bond motifs is 1. The van der Waals surface area contributed by atoms with E-state index in [1.165, 1.54) is 61.9 Å².